The van der Waals surface area contributed by atoms with Gasteiger partial charge in [0.15, 0.2) is 23.9 Å². The Bertz CT molecular complexity index is 1700. The smallest absolute Gasteiger partial charge is 0.348 e. The zero-order chi connectivity index (χ0) is 34.2. The van der Waals surface area contributed by atoms with E-state index in [4.69, 9.17) is 42.1 Å². The lowest BCUT2D eigenvalue weighted by molar-refractivity contribution is -0.605. The molecule has 13 heteroatoms. The van der Waals surface area contributed by atoms with Crippen molar-refractivity contribution in [2.45, 2.75) is 44.1 Å². The molecule has 2 aromatic carbocycles. The number of halogens is 2. The Labute approximate surface area is 293 Å². The molecule has 1 aliphatic rings. The van der Waals surface area contributed by atoms with Crippen LogP contribution in [0.2, 0.25) is 10.0 Å². The van der Waals surface area contributed by atoms with Crippen molar-refractivity contribution in [2.75, 3.05) is 34.4 Å². The molecule has 2 aromatic heterocycles. The molecule has 3 atom stereocenters. The fourth-order valence-electron chi connectivity index (χ4n) is 5.57. The molecule has 3 heterocycles. The molecule has 1 N–H and O–H groups in total. The van der Waals surface area contributed by atoms with E-state index in [-0.39, 0.29) is 41.0 Å². The Balaban J connectivity index is 1.30. The van der Waals surface area contributed by atoms with E-state index in [2.05, 4.69) is 10.2 Å². The molecule has 0 spiro atoms. The highest BCUT2D eigenvalue weighted by Gasteiger charge is 2.27. The van der Waals surface area contributed by atoms with E-state index >= 15 is 0 Å². The second-order valence-electron chi connectivity index (χ2n) is 11.5. The van der Waals surface area contributed by atoms with Crippen molar-refractivity contribution in [3.8, 4) is 11.5 Å². The number of carbonyl (C=O) groups excluding carboxylic acids is 2. The Morgan fingerprint density at radius 3 is 2.42 bits per heavy atom. The molecule has 0 saturated carbocycles. The maximum Gasteiger partial charge on any atom is 0.348 e. The number of likely N-dealkylation sites (N-methyl/N-ethyl adjacent to an activating group) is 1. The fraction of sp³-hybridized carbons (Fsp3) is 0.343. The summed E-state index contributed by atoms with van der Waals surface area (Å²) in [5.74, 6) is 0.170. The van der Waals surface area contributed by atoms with Gasteiger partial charge in [-0.15, -0.1) is 11.3 Å². The van der Waals surface area contributed by atoms with Gasteiger partial charge in [0.2, 0.25) is 0 Å². The molecule has 0 bridgehead atoms. The molecular weight excluding hydrogens is 677 g/mol. The lowest BCUT2D eigenvalue weighted by atomic mass is 10.0. The number of likely N-dealkylation sites (tertiary alicyclic amines) is 1. The summed E-state index contributed by atoms with van der Waals surface area (Å²) in [4.78, 5) is 29.9. The number of carbonyl (C=O) groups is 2. The molecule has 1 saturated heterocycles. The van der Waals surface area contributed by atoms with Gasteiger partial charge >= 0.3 is 11.9 Å². The molecule has 0 aliphatic carbocycles. The molecule has 1 fully saturated rings. The van der Waals surface area contributed by atoms with Gasteiger partial charge in [0.25, 0.3) is 0 Å². The van der Waals surface area contributed by atoms with Crippen LogP contribution in [-0.2, 0) is 27.2 Å². The number of methoxy groups -OCH3 is 2. The van der Waals surface area contributed by atoms with Crippen LogP contribution >= 0.6 is 34.5 Å². The number of hydrogen-bond donors (Lipinski definition) is 1. The third-order valence-corrected chi connectivity index (χ3v) is 9.80. The molecule has 1 unspecified atom stereocenters. The number of nitrogens with one attached hydrogen (secondary N) is 1. The van der Waals surface area contributed by atoms with E-state index in [0.717, 1.165) is 30.0 Å². The summed E-state index contributed by atoms with van der Waals surface area (Å²) in [6.07, 6.45) is 2.59. The van der Waals surface area contributed by atoms with Crippen LogP contribution in [-0.4, -0.2) is 57.3 Å². The highest BCUT2D eigenvalue weighted by molar-refractivity contribution is 7.13. The molecule has 10 nitrogen and oxygen atoms in total. The average molecular weight is 715 g/mol. The van der Waals surface area contributed by atoms with Crippen LogP contribution in [0.4, 0.5) is 0 Å². The zero-order valence-corrected chi connectivity index (χ0v) is 29.1. The van der Waals surface area contributed by atoms with E-state index in [1.807, 2.05) is 43.4 Å². The first-order chi connectivity index (χ1) is 23.1. The number of rotatable bonds is 14. The third kappa shape index (κ3) is 9.18. The summed E-state index contributed by atoms with van der Waals surface area (Å²) in [6.45, 7) is 2.06. The standard InChI is InChI=1S/C35H37Cl2N3O7S/c1-39-14-13-24(19-39)46-34(41)17-29(22-7-5-4-6-8-22)38-18-25-10-12-33(48-25)35(42)47-31(16-26-27(36)20-40(43)21-28(26)37)23-9-11-30(44-2)32(15-23)45-3/h4-12,15,20-21,24,29,31,38H,13-14,16-19H2,1-3H3/t24-,29?,31+/m1/s1. The largest absolute Gasteiger partial charge is 0.619 e. The number of benzene rings is 2. The minimum atomic E-state index is -0.827. The number of esters is 2. The van der Waals surface area contributed by atoms with Gasteiger partial charge in [-0.05, 0) is 48.9 Å². The first-order valence-corrected chi connectivity index (χ1v) is 16.9. The van der Waals surface area contributed by atoms with E-state index in [9.17, 15) is 14.8 Å². The van der Waals surface area contributed by atoms with Crippen molar-refractivity contribution >= 4 is 46.5 Å². The summed E-state index contributed by atoms with van der Waals surface area (Å²) in [7, 11) is 5.06. The van der Waals surface area contributed by atoms with Crippen molar-refractivity contribution in [1.29, 1.82) is 0 Å². The molecule has 0 radical (unpaired) electrons. The molecule has 254 valence electrons. The van der Waals surface area contributed by atoms with Crippen molar-refractivity contribution in [1.82, 2.24) is 10.2 Å². The number of thiophene rings is 1. The highest BCUT2D eigenvalue weighted by atomic mass is 35.5. The van der Waals surface area contributed by atoms with Crippen molar-refractivity contribution in [3.63, 3.8) is 0 Å². The molecular formula is C35H37Cl2N3O7S. The predicted molar refractivity (Wildman–Crippen MR) is 184 cm³/mol. The summed E-state index contributed by atoms with van der Waals surface area (Å²) >= 11 is 14.1. The SMILES string of the molecule is COc1ccc([C@H](Cc2c(Cl)c[n+]([O-])cc2Cl)OC(=O)c2ccc(CNC(CC(=O)O[C@@H]3CCN(C)C3)c3ccccc3)s2)cc1OC. The van der Waals surface area contributed by atoms with Crippen LogP contribution in [0.25, 0.3) is 0 Å². The van der Waals surface area contributed by atoms with Crippen LogP contribution in [0.3, 0.4) is 0 Å². The van der Waals surface area contributed by atoms with Crippen molar-refractivity contribution in [2.24, 2.45) is 0 Å². The summed E-state index contributed by atoms with van der Waals surface area (Å²) in [5, 5.41) is 15.6. The highest BCUT2D eigenvalue weighted by Crippen LogP contribution is 2.36. The lowest BCUT2D eigenvalue weighted by Gasteiger charge is -2.20. The normalized spacial score (nSPS) is 15.9. The number of nitrogens with zero attached hydrogens (tertiary/aromatic N) is 2. The van der Waals surface area contributed by atoms with Gasteiger partial charge in [0.1, 0.15) is 27.1 Å². The second kappa shape index (κ2) is 16.5. The quantitative estimate of drug-likeness (QED) is 0.0912. The summed E-state index contributed by atoms with van der Waals surface area (Å²) in [5.41, 5.74) is 2.04. The topological polar surface area (TPSA) is 113 Å². The average Bonchev–Trinajstić information content (AvgIpc) is 3.72. The van der Waals surface area contributed by atoms with Crippen LogP contribution in [0.5, 0.6) is 11.5 Å². The Hall–Kier alpha value is -3.87. The van der Waals surface area contributed by atoms with Crippen molar-refractivity contribution < 1.29 is 33.3 Å². The number of ether oxygens (including phenoxy) is 4. The van der Waals surface area contributed by atoms with E-state index < -0.39 is 12.1 Å². The van der Waals surface area contributed by atoms with E-state index in [0.29, 0.717) is 38.8 Å². The minimum absolute atomic E-state index is 0.0930. The maximum absolute atomic E-state index is 13.6. The van der Waals surface area contributed by atoms with Gasteiger partial charge in [-0.2, -0.15) is 4.73 Å². The van der Waals surface area contributed by atoms with Gasteiger partial charge in [-0.25, -0.2) is 4.79 Å². The molecule has 0 amide bonds. The first-order valence-electron chi connectivity index (χ1n) is 15.4. The number of hydrogen-bond acceptors (Lipinski definition) is 10. The molecule has 1 aliphatic heterocycles. The maximum atomic E-state index is 13.6. The van der Waals surface area contributed by atoms with Crippen LogP contribution in [0.1, 0.15) is 56.2 Å². The Morgan fingerprint density at radius 2 is 1.75 bits per heavy atom. The number of aromatic nitrogens is 1. The molecule has 48 heavy (non-hydrogen) atoms. The van der Waals surface area contributed by atoms with Gasteiger partial charge in [-0.1, -0.05) is 59.6 Å². The minimum Gasteiger partial charge on any atom is -0.619 e. The molecule has 4 aromatic rings. The van der Waals surface area contributed by atoms with Crippen LogP contribution < -0.4 is 19.5 Å². The second-order valence-corrected chi connectivity index (χ2v) is 13.5. The van der Waals surface area contributed by atoms with Crippen molar-refractivity contribution in [3.05, 3.63) is 115 Å². The summed E-state index contributed by atoms with van der Waals surface area (Å²) in [6, 6.07) is 18.2. The van der Waals surface area contributed by atoms with E-state index in [1.54, 1.807) is 24.3 Å². The lowest BCUT2D eigenvalue weighted by Crippen LogP contribution is -2.27. The fourth-order valence-corrected chi connectivity index (χ4v) is 7.01. The van der Waals surface area contributed by atoms with Gasteiger partial charge in [0.05, 0.1) is 20.6 Å². The molecule has 5 rings (SSSR count). The van der Waals surface area contributed by atoms with E-state index in [1.165, 1.54) is 38.0 Å². The predicted octanol–water partition coefficient (Wildman–Crippen LogP) is 6.31. The van der Waals surface area contributed by atoms with Gasteiger partial charge < -0.3 is 34.4 Å². The van der Waals surface area contributed by atoms with Crippen LogP contribution in [0, 0.1) is 5.21 Å². The van der Waals surface area contributed by atoms with Gasteiger partial charge in [-0.3, -0.25) is 4.79 Å². The Kier molecular flexibility index (Phi) is 12.2. The number of pyridine rings is 1. The Morgan fingerprint density at radius 1 is 1.02 bits per heavy atom. The zero-order valence-electron chi connectivity index (χ0n) is 26.8. The third-order valence-electron chi connectivity index (χ3n) is 8.08. The van der Waals surface area contributed by atoms with Crippen LogP contribution in [0.15, 0.2) is 73.1 Å². The monoisotopic (exact) mass is 713 g/mol. The first kappa shape index (κ1) is 35.4. The van der Waals surface area contributed by atoms with Gasteiger partial charge in [0, 0.05) is 42.5 Å². The summed E-state index contributed by atoms with van der Waals surface area (Å²) < 4.78 is 23.2.